The van der Waals surface area contributed by atoms with Gasteiger partial charge in [-0.15, -0.1) is 0 Å². The van der Waals surface area contributed by atoms with Crippen LogP contribution in [0, 0.1) is 28.4 Å². The Morgan fingerprint density at radius 3 is 2.64 bits per heavy atom. The molecule has 0 radical (unpaired) electrons. The van der Waals surface area contributed by atoms with Crippen LogP contribution in [0.1, 0.15) is 42.8 Å². The Hall–Kier alpha value is -5.10. The molecule has 0 amide bonds. The fourth-order valence-corrected chi connectivity index (χ4v) is 5.44. The number of nitro groups is 1. The number of anilines is 2. The van der Waals surface area contributed by atoms with Gasteiger partial charge in [0.1, 0.15) is 42.2 Å². The van der Waals surface area contributed by atoms with Crippen LogP contribution in [0.25, 0.3) is 10.9 Å². The van der Waals surface area contributed by atoms with Gasteiger partial charge in [-0.25, -0.2) is 14.5 Å². The maximum Gasteiger partial charge on any atom is 0.434 e. The average Bonchev–Trinajstić information content (AvgIpc) is 3.41. The van der Waals surface area contributed by atoms with Crippen LogP contribution < -0.4 is 19.7 Å². The number of imidazole rings is 1. The summed E-state index contributed by atoms with van der Waals surface area (Å²) in [6.07, 6.45) is 6.27. The van der Waals surface area contributed by atoms with Crippen LogP contribution in [0.5, 0.6) is 11.6 Å². The van der Waals surface area contributed by atoms with Gasteiger partial charge in [-0.05, 0) is 49.7 Å². The Bertz CT molecular complexity index is 1710. The van der Waals surface area contributed by atoms with Gasteiger partial charge in [-0.3, -0.25) is 4.98 Å². The van der Waals surface area contributed by atoms with Crippen LogP contribution in [0.15, 0.2) is 30.6 Å². The highest BCUT2D eigenvalue weighted by atomic mass is 16.6. The molecule has 0 aromatic carbocycles. The van der Waals surface area contributed by atoms with Crippen LogP contribution in [-0.2, 0) is 18.4 Å². The van der Waals surface area contributed by atoms with Crippen LogP contribution >= 0.6 is 0 Å². The first-order valence-corrected chi connectivity index (χ1v) is 14.5. The third kappa shape index (κ3) is 6.45. The molecule has 1 saturated carbocycles. The minimum absolute atomic E-state index is 0.0589. The summed E-state index contributed by atoms with van der Waals surface area (Å²) in [6, 6.07) is 7.69. The number of nitriles is 1. The number of aromatic nitrogens is 6. The zero-order valence-corrected chi connectivity index (χ0v) is 24.5. The zero-order chi connectivity index (χ0) is 30.6. The number of nitrogens with zero attached hydrogens (tertiary/aromatic N) is 9. The topological polar surface area (TPSA) is 179 Å². The first-order chi connectivity index (χ1) is 21.4. The summed E-state index contributed by atoms with van der Waals surface area (Å²) in [7, 11) is 1.58. The standard InChI is InChI=1S/C29H32N10O5/c1-18-11-20(14-30)35-28(33-18)34-19-3-5-22(6-4-19)44-27-24-12-23(43-17-21-15-32-29(37(21)2)39(40)41)16-31-25(24)13-26(36-27)38-7-9-42-10-8-38/h11-13,15-16,19,22H,3-10,17H2,1-2H3,(H,33,34,35). The van der Waals surface area contributed by atoms with Crippen LogP contribution in [0.4, 0.5) is 17.7 Å². The molecule has 0 spiro atoms. The molecule has 4 aromatic rings. The van der Waals surface area contributed by atoms with Crippen molar-refractivity contribution in [2.45, 2.75) is 51.4 Å². The number of nitrogens with one attached hydrogen (secondary N) is 1. The molecule has 6 rings (SSSR count). The Morgan fingerprint density at radius 1 is 1.11 bits per heavy atom. The number of hydrogen-bond donors (Lipinski definition) is 1. The van der Waals surface area contributed by atoms with Gasteiger partial charge >= 0.3 is 5.95 Å². The average molecular weight is 601 g/mol. The third-order valence-corrected chi connectivity index (χ3v) is 7.81. The second-order valence-electron chi connectivity index (χ2n) is 10.8. The second-order valence-corrected chi connectivity index (χ2v) is 10.8. The summed E-state index contributed by atoms with van der Waals surface area (Å²) in [5, 5.41) is 24.5. The summed E-state index contributed by atoms with van der Waals surface area (Å²) in [5.74, 6) is 1.96. The maximum absolute atomic E-state index is 11.2. The molecular formula is C29H32N10O5. The lowest BCUT2D eigenvalue weighted by Gasteiger charge is -2.31. The van der Waals surface area contributed by atoms with E-state index in [0.29, 0.717) is 47.6 Å². The fraction of sp³-hybridized carbons (Fsp3) is 0.448. The summed E-state index contributed by atoms with van der Waals surface area (Å²) in [4.78, 5) is 34.9. The molecule has 15 heteroatoms. The first-order valence-electron chi connectivity index (χ1n) is 14.5. The van der Waals surface area contributed by atoms with Crippen molar-refractivity contribution < 1.29 is 19.1 Å². The van der Waals surface area contributed by atoms with Gasteiger partial charge in [0.25, 0.3) is 0 Å². The van der Waals surface area contributed by atoms with Crippen molar-refractivity contribution >= 4 is 28.6 Å². The van der Waals surface area contributed by atoms with Crippen molar-refractivity contribution in [3.8, 4) is 17.7 Å². The molecule has 228 valence electrons. The summed E-state index contributed by atoms with van der Waals surface area (Å²) >= 11 is 0. The minimum Gasteiger partial charge on any atom is -0.484 e. The quantitative estimate of drug-likeness (QED) is 0.218. The number of fused-ring (bicyclic) bond motifs is 1. The number of hydrogen-bond acceptors (Lipinski definition) is 13. The number of pyridine rings is 2. The predicted molar refractivity (Wildman–Crippen MR) is 159 cm³/mol. The second kappa shape index (κ2) is 12.6. The van der Waals surface area contributed by atoms with Crippen molar-refractivity contribution in [2.24, 2.45) is 7.05 Å². The van der Waals surface area contributed by atoms with Crippen molar-refractivity contribution in [3.63, 3.8) is 0 Å². The number of morpholine rings is 1. The normalized spacial score (nSPS) is 18.5. The molecule has 2 aliphatic rings. The number of aryl methyl sites for hydroxylation is 1. The molecule has 1 aliphatic carbocycles. The Kier molecular flexibility index (Phi) is 8.33. The highest BCUT2D eigenvalue weighted by Gasteiger charge is 2.26. The van der Waals surface area contributed by atoms with E-state index in [9.17, 15) is 15.4 Å². The molecule has 4 aromatic heterocycles. The van der Waals surface area contributed by atoms with Gasteiger partial charge in [0.05, 0.1) is 37.4 Å². The largest absolute Gasteiger partial charge is 0.484 e. The maximum atomic E-state index is 11.2. The van der Waals surface area contributed by atoms with Crippen LogP contribution in [-0.4, -0.2) is 72.9 Å². The fourth-order valence-electron chi connectivity index (χ4n) is 5.44. The van der Waals surface area contributed by atoms with Gasteiger partial charge in [-0.1, -0.05) is 4.98 Å². The van der Waals surface area contributed by atoms with E-state index in [1.807, 2.05) is 19.1 Å². The molecule has 0 unspecified atom stereocenters. The SMILES string of the molecule is Cc1cc(C#N)nc(NC2CCC(Oc3nc(N4CCOCC4)cc4ncc(OCc5cnc([N+](=O)[O-])n5C)cc34)CC2)n1. The molecular weight excluding hydrogens is 568 g/mol. The Morgan fingerprint density at radius 2 is 1.91 bits per heavy atom. The van der Waals surface area contributed by atoms with Gasteiger partial charge in [-0.2, -0.15) is 10.2 Å². The van der Waals surface area contributed by atoms with E-state index in [2.05, 4.69) is 36.2 Å². The first kappa shape index (κ1) is 29.0. The lowest BCUT2D eigenvalue weighted by molar-refractivity contribution is -0.396. The van der Waals surface area contributed by atoms with Gasteiger partial charge in [0.2, 0.25) is 11.8 Å². The van der Waals surface area contributed by atoms with Crippen molar-refractivity contribution in [1.29, 1.82) is 5.26 Å². The summed E-state index contributed by atoms with van der Waals surface area (Å²) in [6.45, 7) is 4.62. The highest BCUT2D eigenvalue weighted by molar-refractivity contribution is 5.87. The zero-order valence-electron chi connectivity index (χ0n) is 24.5. The molecule has 5 heterocycles. The molecule has 2 fully saturated rings. The Labute approximate surface area is 253 Å². The monoisotopic (exact) mass is 600 g/mol. The smallest absolute Gasteiger partial charge is 0.434 e. The molecule has 0 bridgehead atoms. The van der Waals surface area contributed by atoms with E-state index in [4.69, 9.17) is 19.2 Å². The van der Waals surface area contributed by atoms with E-state index in [1.54, 1.807) is 19.3 Å². The summed E-state index contributed by atoms with van der Waals surface area (Å²) < 4.78 is 19.4. The molecule has 15 nitrogen and oxygen atoms in total. The van der Waals surface area contributed by atoms with E-state index < -0.39 is 4.92 Å². The molecule has 1 N–H and O–H groups in total. The Balaban J connectivity index is 1.19. The van der Waals surface area contributed by atoms with E-state index >= 15 is 0 Å². The summed E-state index contributed by atoms with van der Waals surface area (Å²) in [5.41, 5.74) is 2.36. The lowest BCUT2D eigenvalue weighted by atomic mass is 9.93. The van der Waals surface area contributed by atoms with Gasteiger partial charge in [0, 0.05) is 30.9 Å². The van der Waals surface area contributed by atoms with E-state index in [1.165, 1.54) is 10.8 Å². The third-order valence-electron chi connectivity index (χ3n) is 7.81. The van der Waals surface area contributed by atoms with E-state index in [-0.39, 0.29) is 24.7 Å². The van der Waals surface area contributed by atoms with Crippen LogP contribution in [0.3, 0.4) is 0 Å². The number of rotatable bonds is 9. The van der Waals surface area contributed by atoms with Crippen LogP contribution in [0.2, 0.25) is 0 Å². The minimum atomic E-state index is -0.535. The molecule has 44 heavy (non-hydrogen) atoms. The lowest BCUT2D eigenvalue weighted by Crippen LogP contribution is -2.37. The van der Waals surface area contributed by atoms with Gasteiger partial charge < -0.3 is 34.5 Å². The van der Waals surface area contributed by atoms with E-state index in [0.717, 1.165) is 55.8 Å². The van der Waals surface area contributed by atoms with Gasteiger partial charge in [0.15, 0.2) is 5.69 Å². The highest BCUT2D eigenvalue weighted by Crippen LogP contribution is 2.33. The van der Waals surface area contributed by atoms with Crippen molar-refractivity contribution in [3.05, 3.63) is 57.8 Å². The molecule has 0 atom stereocenters. The van der Waals surface area contributed by atoms with Crippen molar-refractivity contribution in [2.75, 3.05) is 36.5 Å². The van der Waals surface area contributed by atoms with Crippen molar-refractivity contribution in [1.82, 2.24) is 29.5 Å². The predicted octanol–water partition coefficient (Wildman–Crippen LogP) is 3.46. The molecule has 1 aliphatic heterocycles. The molecule has 1 saturated heterocycles. The number of ether oxygens (including phenoxy) is 3.